The van der Waals surface area contributed by atoms with E-state index in [0.29, 0.717) is 11.5 Å². The summed E-state index contributed by atoms with van der Waals surface area (Å²) in [4.78, 5) is 12.1. The third kappa shape index (κ3) is 4.45. The fourth-order valence-electron chi connectivity index (χ4n) is 2.63. The highest BCUT2D eigenvalue weighted by molar-refractivity contribution is 7.92. The Kier molecular flexibility index (Phi) is 5.36. The van der Waals surface area contributed by atoms with Crippen molar-refractivity contribution in [1.29, 1.82) is 0 Å². The zero-order valence-corrected chi connectivity index (χ0v) is 15.7. The van der Waals surface area contributed by atoms with Crippen LogP contribution in [0.5, 0.6) is 0 Å². The van der Waals surface area contributed by atoms with Crippen molar-refractivity contribution in [2.24, 2.45) is 0 Å². The molecule has 0 fully saturated rings. The predicted octanol–water partition coefficient (Wildman–Crippen LogP) is 4.92. The largest absolute Gasteiger partial charge is 0.417 e. The maximum absolute atomic E-state index is 12.9. The van der Waals surface area contributed by atoms with Crippen LogP contribution in [0.3, 0.4) is 0 Å². The van der Waals surface area contributed by atoms with E-state index in [1.807, 2.05) is 12.1 Å². The van der Waals surface area contributed by atoms with Gasteiger partial charge >= 0.3 is 6.18 Å². The second-order valence-electron chi connectivity index (χ2n) is 6.01. The monoisotopic (exact) mass is 427 g/mol. The average molecular weight is 428 g/mol. The molecule has 4 nitrogen and oxygen atoms in total. The molecule has 0 radical (unpaired) electrons. The maximum atomic E-state index is 12.9. The van der Waals surface area contributed by atoms with Gasteiger partial charge in [0, 0.05) is 5.69 Å². The maximum Gasteiger partial charge on any atom is 0.417 e. The molecule has 0 unspecified atom stereocenters. The summed E-state index contributed by atoms with van der Waals surface area (Å²) in [5.74, 6) is -1.86. The number of carbonyl (C=O) groups is 1. The summed E-state index contributed by atoms with van der Waals surface area (Å²) in [5, 5.41) is 3.18. The van der Waals surface area contributed by atoms with Gasteiger partial charge in [0.25, 0.3) is 0 Å². The lowest BCUT2D eigenvalue weighted by Crippen LogP contribution is -2.23. The first-order valence-electron chi connectivity index (χ1n) is 7.94. The molecule has 146 valence electrons. The molecule has 0 atom stereocenters. The molecule has 3 aromatic rings. The minimum absolute atomic E-state index is 0.0477. The molecule has 3 rings (SSSR count). The van der Waals surface area contributed by atoms with Crippen LogP contribution < -0.4 is 5.32 Å². The van der Waals surface area contributed by atoms with Crippen molar-refractivity contribution in [3.8, 4) is 0 Å². The average Bonchev–Trinajstić information content (AvgIpc) is 2.61. The number of fused-ring (bicyclic) bond motifs is 1. The first-order chi connectivity index (χ1) is 13.1. The highest BCUT2D eigenvalue weighted by atomic mass is 35.5. The fourth-order valence-corrected chi connectivity index (χ4v) is 4.02. The van der Waals surface area contributed by atoms with Crippen molar-refractivity contribution in [1.82, 2.24) is 0 Å². The molecule has 28 heavy (non-hydrogen) atoms. The summed E-state index contributed by atoms with van der Waals surface area (Å²) in [6.45, 7) is 0. The zero-order valence-electron chi connectivity index (χ0n) is 14.1. The van der Waals surface area contributed by atoms with Crippen LogP contribution in [0.4, 0.5) is 18.9 Å². The van der Waals surface area contributed by atoms with Gasteiger partial charge in [-0.25, -0.2) is 8.42 Å². The highest BCUT2D eigenvalue weighted by Gasteiger charge is 2.33. The summed E-state index contributed by atoms with van der Waals surface area (Å²) >= 11 is 5.52. The number of halogens is 4. The van der Waals surface area contributed by atoms with E-state index in [9.17, 15) is 26.4 Å². The lowest BCUT2D eigenvalue weighted by atomic mass is 10.1. The third-order valence-corrected chi connectivity index (χ3v) is 5.90. The fraction of sp³-hybridized carbons (Fsp3) is 0.105. The quantitative estimate of drug-likeness (QED) is 0.642. The lowest BCUT2D eigenvalue weighted by molar-refractivity contribution is -0.137. The van der Waals surface area contributed by atoms with Gasteiger partial charge in [-0.2, -0.15) is 13.2 Å². The van der Waals surface area contributed by atoms with Gasteiger partial charge in [-0.05, 0) is 41.1 Å². The van der Waals surface area contributed by atoms with Crippen molar-refractivity contribution < 1.29 is 26.4 Å². The number of rotatable bonds is 4. The summed E-state index contributed by atoms with van der Waals surface area (Å²) < 4.78 is 63.7. The number of amides is 1. The second-order valence-corrected chi connectivity index (χ2v) is 8.41. The van der Waals surface area contributed by atoms with E-state index in [2.05, 4.69) is 5.32 Å². The molecule has 0 aliphatic carbocycles. The van der Waals surface area contributed by atoms with Crippen LogP contribution in [-0.2, 0) is 20.8 Å². The second kappa shape index (κ2) is 7.44. The number of sulfone groups is 1. The molecule has 0 saturated carbocycles. The Hall–Kier alpha value is -2.58. The molecule has 3 aromatic carbocycles. The molecule has 0 aliphatic rings. The van der Waals surface area contributed by atoms with E-state index in [1.54, 1.807) is 18.2 Å². The van der Waals surface area contributed by atoms with Gasteiger partial charge in [0.2, 0.25) is 5.91 Å². The molecule has 0 saturated heterocycles. The van der Waals surface area contributed by atoms with Crippen LogP contribution in [0.2, 0.25) is 5.02 Å². The molecule has 1 N–H and O–H groups in total. The van der Waals surface area contributed by atoms with Gasteiger partial charge in [-0.3, -0.25) is 4.79 Å². The summed E-state index contributed by atoms with van der Waals surface area (Å²) in [7, 11) is -3.98. The van der Waals surface area contributed by atoms with Gasteiger partial charge in [0.1, 0.15) is 5.75 Å². The Morgan fingerprint density at radius 2 is 1.64 bits per heavy atom. The highest BCUT2D eigenvalue weighted by Crippen LogP contribution is 2.36. The summed E-state index contributed by atoms with van der Waals surface area (Å²) in [6.07, 6.45) is -4.70. The minimum atomic E-state index is -4.70. The van der Waals surface area contributed by atoms with Crippen molar-refractivity contribution in [2.75, 3.05) is 11.1 Å². The van der Waals surface area contributed by atoms with Crippen molar-refractivity contribution in [3.63, 3.8) is 0 Å². The van der Waals surface area contributed by atoms with E-state index in [0.717, 1.165) is 17.5 Å². The molecule has 1 amide bonds. The number of nitrogens with one attached hydrogen (secondary N) is 1. The number of benzene rings is 3. The van der Waals surface area contributed by atoms with Crippen molar-refractivity contribution >= 4 is 43.8 Å². The lowest BCUT2D eigenvalue weighted by Gasteiger charge is -2.12. The van der Waals surface area contributed by atoms with Crippen LogP contribution in [-0.4, -0.2) is 20.1 Å². The topological polar surface area (TPSA) is 63.2 Å². The third-order valence-electron chi connectivity index (χ3n) is 3.96. The number of alkyl halides is 3. The van der Waals surface area contributed by atoms with Gasteiger partial charge in [0.05, 0.1) is 15.5 Å². The van der Waals surface area contributed by atoms with Crippen LogP contribution in [0.25, 0.3) is 10.8 Å². The van der Waals surface area contributed by atoms with Gasteiger partial charge in [-0.15, -0.1) is 0 Å². The molecule has 0 heterocycles. The zero-order chi connectivity index (χ0) is 20.5. The Balaban J connectivity index is 1.80. The van der Waals surface area contributed by atoms with E-state index < -0.39 is 38.3 Å². The van der Waals surface area contributed by atoms with Gasteiger partial charge in [0.15, 0.2) is 9.84 Å². The standard InChI is InChI=1S/C19H13ClF3NO3S/c20-17-8-6-14(10-16(17)19(21,22)23)24-18(25)11-28(26,27)15-7-5-12-3-1-2-4-13(12)9-15/h1-10H,11H2,(H,24,25). The van der Waals surface area contributed by atoms with Crippen LogP contribution in [0, 0.1) is 0 Å². The smallest absolute Gasteiger partial charge is 0.325 e. The van der Waals surface area contributed by atoms with E-state index in [4.69, 9.17) is 11.6 Å². The number of hydrogen-bond donors (Lipinski definition) is 1. The van der Waals surface area contributed by atoms with E-state index in [-0.39, 0.29) is 10.6 Å². The molecule has 9 heteroatoms. The van der Waals surface area contributed by atoms with Crippen molar-refractivity contribution in [2.45, 2.75) is 11.1 Å². The molecular weight excluding hydrogens is 415 g/mol. The normalized spacial score (nSPS) is 12.1. The van der Waals surface area contributed by atoms with Gasteiger partial charge in [-0.1, -0.05) is 41.9 Å². The first-order valence-corrected chi connectivity index (χ1v) is 9.97. The number of hydrogen-bond acceptors (Lipinski definition) is 3. The molecule has 0 spiro atoms. The van der Waals surface area contributed by atoms with E-state index in [1.165, 1.54) is 12.1 Å². The van der Waals surface area contributed by atoms with Gasteiger partial charge < -0.3 is 5.32 Å². The summed E-state index contributed by atoms with van der Waals surface area (Å²) in [5.41, 5.74) is -1.32. The number of carbonyl (C=O) groups excluding carboxylic acids is 1. The first kappa shape index (κ1) is 20.2. The molecule has 0 aromatic heterocycles. The van der Waals surface area contributed by atoms with Crippen LogP contribution in [0.1, 0.15) is 5.56 Å². The van der Waals surface area contributed by atoms with E-state index >= 15 is 0 Å². The molecule has 0 bridgehead atoms. The summed E-state index contributed by atoms with van der Waals surface area (Å²) in [6, 6.07) is 14.4. The SMILES string of the molecule is O=C(CS(=O)(=O)c1ccc2ccccc2c1)Nc1ccc(Cl)c(C(F)(F)F)c1. The Labute approximate surface area is 163 Å². The Morgan fingerprint density at radius 1 is 0.964 bits per heavy atom. The Morgan fingerprint density at radius 3 is 2.32 bits per heavy atom. The minimum Gasteiger partial charge on any atom is -0.325 e. The van der Waals surface area contributed by atoms with Crippen LogP contribution >= 0.6 is 11.6 Å². The predicted molar refractivity (Wildman–Crippen MR) is 101 cm³/mol. The van der Waals surface area contributed by atoms with Crippen LogP contribution in [0.15, 0.2) is 65.6 Å². The Bertz CT molecular complexity index is 1160. The van der Waals surface area contributed by atoms with Crippen molar-refractivity contribution in [3.05, 3.63) is 71.2 Å². The number of anilines is 1. The molecule has 0 aliphatic heterocycles. The molecular formula is C19H13ClF3NO3S.